The molecule has 35 heavy (non-hydrogen) atoms. The number of amides is 2. The van der Waals surface area contributed by atoms with E-state index in [4.69, 9.17) is 16.3 Å². The summed E-state index contributed by atoms with van der Waals surface area (Å²) < 4.78 is 5.49. The Hall–Kier alpha value is -2.05. The minimum absolute atomic E-state index is 0.0366. The summed E-state index contributed by atoms with van der Waals surface area (Å²) in [5.41, 5.74) is 1.45. The molecule has 2 bridgehead atoms. The highest BCUT2D eigenvalue weighted by Gasteiger charge is 2.68. The molecule has 6 nitrogen and oxygen atoms in total. The third-order valence-corrected chi connectivity index (χ3v) is 8.86. The van der Waals surface area contributed by atoms with Crippen molar-refractivity contribution in [3.05, 3.63) is 46.1 Å². The molecule has 1 heterocycles. The first-order valence-electron chi connectivity index (χ1n) is 12.6. The Labute approximate surface area is 214 Å². The Bertz CT molecular complexity index is 1050. The van der Waals surface area contributed by atoms with Crippen LogP contribution < -0.4 is 5.32 Å². The summed E-state index contributed by atoms with van der Waals surface area (Å²) in [5, 5.41) is 13.7. The van der Waals surface area contributed by atoms with E-state index in [1.165, 1.54) is 0 Å². The lowest BCUT2D eigenvalue weighted by Gasteiger charge is -2.53. The highest BCUT2D eigenvalue weighted by Crippen LogP contribution is 2.64. The van der Waals surface area contributed by atoms with E-state index in [2.05, 4.69) is 45.1 Å². The fourth-order valence-electron chi connectivity index (χ4n) is 6.38. The van der Waals surface area contributed by atoms with Crippen LogP contribution in [0.5, 0.6) is 0 Å². The smallest absolute Gasteiger partial charge is 0.322 e. The van der Waals surface area contributed by atoms with Gasteiger partial charge in [-0.3, -0.25) is 9.69 Å². The molecule has 2 amide bonds. The molecule has 3 aliphatic carbocycles. The van der Waals surface area contributed by atoms with Gasteiger partial charge in [-0.25, -0.2) is 4.79 Å². The average molecular weight is 503 g/mol. The van der Waals surface area contributed by atoms with E-state index in [0.717, 1.165) is 29.5 Å². The molecule has 1 aliphatic heterocycles. The van der Waals surface area contributed by atoms with Gasteiger partial charge in [0.2, 0.25) is 0 Å². The number of ether oxygens (including phenoxy) is 1. The topological polar surface area (TPSA) is 78.9 Å². The second-order valence-corrected chi connectivity index (χ2v) is 12.8. The number of aryl methyl sites for hydroxylation is 1. The maximum Gasteiger partial charge on any atom is 0.322 e. The molecule has 3 fully saturated rings. The minimum Gasteiger partial charge on any atom is -0.481 e. The normalized spacial score (nSPS) is 31.0. The lowest BCUT2D eigenvalue weighted by Crippen LogP contribution is -2.64. The van der Waals surface area contributed by atoms with E-state index in [1.54, 1.807) is 12.0 Å². The molecule has 1 aromatic rings. The van der Waals surface area contributed by atoms with Crippen LogP contribution in [0.3, 0.4) is 0 Å². The summed E-state index contributed by atoms with van der Waals surface area (Å²) in [6, 6.07) is 5.94. The van der Waals surface area contributed by atoms with Crippen molar-refractivity contribution in [3.63, 3.8) is 0 Å². The molecule has 0 spiro atoms. The molecule has 0 aromatic heterocycles. The summed E-state index contributed by atoms with van der Waals surface area (Å²) >= 11 is 6.75. The highest BCUT2D eigenvalue weighted by atomic mass is 35.5. The van der Waals surface area contributed by atoms with Crippen molar-refractivity contribution in [1.82, 2.24) is 10.2 Å². The molecule has 5 rings (SSSR count). The molecule has 192 valence electrons. The van der Waals surface area contributed by atoms with Crippen LogP contribution in [-0.4, -0.2) is 41.3 Å². The monoisotopic (exact) mass is 502 g/mol. The van der Waals surface area contributed by atoms with Gasteiger partial charge >= 0.3 is 12.0 Å². The number of methoxy groups -OCH3 is 1. The summed E-state index contributed by atoms with van der Waals surface area (Å²) in [5.74, 6) is -0.708. The van der Waals surface area contributed by atoms with Crippen LogP contribution in [0.25, 0.3) is 0 Å². The maximum absolute atomic E-state index is 13.5. The van der Waals surface area contributed by atoms with E-state index in [-0.39, 0.29) is 17.4 Å². The molecule has 0 radical (unpaired) electrons. The number of carboxylic acids is 1. The van der Waals surface area contributed by atoms with Crippen LogP contribution in [0.2, 0.25) is 5.02 Å². The Balaban J connectivity index is 1.68. The van der Waals surface area contributed by atoms with Crippen molar-refractivity contribution >= 4 is 23.6 Å². The molecule has 3 saturated carbocycles. The number of rotatable bonds is 8. The van der Waals surface area contributed by atoms with Crippen molar-refractivity contribution in [2.45, 2.75) is 84.2 Å². The molecular weight excluding hydrogens is 464 g/mol. The second kappa shape index (κ2) is 8.81. The van der Waals surface area contributed by atoms with E-state index >= 15 is 0 Å². The first-order valence-corrected chi connectivity index (χ1v) is 13.0. The zero-order valence-electron chi connectivity index (χ0n) is 21.8. The van der Waals surface area contributed by atoms with E-state index in [9.17, 15) is 14.7 Å². The van der Waals surface area contributed by atoms with Gasteiger partial charge in [-0.15, -0.1) is 0 Å². The minimum atomic E-state index is -0.749. The van der Waals surface area contributed by atoms with Gasteiger partial charge in [0.15, 0.2) is 0 Å². The zero-order chi connectivity index (χ0) is 25.8. The van der Waals surface area contributed by atoms with Crippen LogP contribution in [0.15, 0.2) is 30.0 Å². The summed E-state index contributed by atoms with van der Waals surface area (Å²) in [6.45, 7) is 11.3. The van der Waals surface area contributed by atoms with Crippen molar-refractivity contribution in [3.8, 4) is 0 Å². The van der Waals surface area contributed by atoms with Crippen LogP contribution in [-0.2, 0) is 21.5 Å². The van der Waals surface area contributed by atoms with Gasteiger partial charge in [-0.2, -0.15) is 0 Å². The van der Waals surface area contributed by atoms with Gasteiger partial charge < -0.3 is 15.2 Å². The van der Waals surface area contributed by atoms with Gasteiger partial charge in [0.05, 0.1) is 23.1 Å². The van der Waals surface area contributed by atoms with Crippen molar-refractivity contribution in [2.24, 2.45) is 16.7 Å². The van der Waals surface area contributed by atoms with Gasteiger partial charge in [-0.05, 0) is 73.6 Å². The lowest BCUT2D eigenvalue weighted by molar-refractivity contribution is -0.156. The number of carbonyl (C=O) groups is 2. The van der Waals surface area contributed by atoms with E-state index in [1.807, 2.05) is 19.2 Å². The molecule has 0 saturated heterocycles. The molecule has 4 aliphatic rings. The zero-order valence-corrected chi connectivity index (χ0v) is 22.6. The Morgan fingerprint density at radius 1 is 1.29 bits per heavy atom. The van der Waals surface area contributed by atoms with Crippen molar-refractivity contribution < 1.29 is 19.4 Å². The average Bonchev–Trinajstić information content (AvgIpc) is 3.30. The van der Waals surface area contributed by atoms with Gasteiger partial charge in [-0.1, -0.05) is 51.4 Å². The SMILES string of the molecule is COCC(C)C1=CN(C23CCC(C(=O)O)(C2)C3)C(=O)N[C@@]1(C)c1ccc(CCC(C)(C)C)c(Cl)c1. The highest BCUT2D eigenvalue weighted by molar-refractivity contribution is 6.31. The first kappa shape index (κ1) is 26.0. The van der Waals surface area contributed by atoms with Gasteiger partial charge in [0, 0.05) is 24.3 Å². The fraction of sp³-hybridized carbons (Fsp3) is 0.643. The van der Waals surface area contributed by atoms with Gasteiger partial charge in [0.25, 0.3) is 0 Å². The number of nitrogens with one attached hydrogen (secondary N) is 1. The molecule has 7 heteroatoms. The predicted octanol–water partition coefficient (Wildman–Crippen LogP) is 6.12. The van der Waals surface area contributed by atoms with Crippen LogP contribution in [0.4, 0.5) is 4.79 Å². The number of urea groups is 1. The molecule has 1 unspecified atom stereocenters. The molecule has 2 N–H and O–H groups in total. The van der Waals surface area contributed by atoms with E-state index in [0.29, 0.717) is 37.3 Å². The number of carboxylic acid groups (broad SMARTS) is 1. The number of halogens is 1. The number of aliphatic carboxylic acids is 1. The maximum atomic E-state index is 13.5. The molecule has 2 atom stereocenters. The van der Waals surface area contributed by atoms with Crippen molar-refractivity contribution in [1.29, 1.82) is 0 Å². The lowest BCUT2D eigenvalue weighted by atomic mass is 9.64. The fourth-order valence-corrected chi connectivity index (χ4v) is 6.65. The Kier molecular flexibility index (Phi) is 6.55. The quantitative estimate of drug-likeness (QED) is 0.448. The summed E-state index contributed by atoms with van der Waals surface area (Å²) in [7, 11) is 1.68. The number of benzene rings is 1. The summed E-state index contributed by atoms with van der Waals surface area (Å²) in [6.07, 6.45) is 6.25. The van der Waals surface area contributed by atoms with Gasteiger partial charge in [0.1, 0.15) is 0 Å². The Morgan fingerprint density at radius 2 is 1.97 bits per heavy atom. The third-order valence-electron chi connectivity index (χ3n) is 8.51. The Morgan fingerprint density at radius 3 is 2.51 bits per heavy atom. The number of carbonyl (C=O) groups excluding carboxylic acids is 1. The molecular formula is C28H39ClN2O4. The van der Waals surface area contributed by atoms with Crippen LogP contribution >= 0.6 is 11.6 Å². The second-order valence-electron chi connectivity index (χ2n) is 12.4. The van der Waals surface area contributed by atoms with Crippen LogP contribution in [0, 0.1) is 16.7 Å². The standard InChI is InChI=1S/C28H39ClN2O4/c1-18(15-35-6)21-14-31(28-12-11-27(16-28,17-28)23(32)33)24(34)30-26(21,5)20-8-7-19(22(29)13-20)9-10-25(2,3)4/h7-8,13-14,18H,9-12,15-17H2,1-6H3,(H,30,34)(H,32,33)/t18?,26-,27?,28?/m0/s1. The van der Waals surface area contributed by atoms with E-state index < -0.39 is 22.5 Å². The number of hydrogen-bond donors (Lipinski definition) is 2. The number of hydrogen-bond acceptors (Lipinski definition) is 3. The predicted molar refractivity (Wildman–Crippen MR) is 137 cm³/mol. The third kappa shape index (κ3) is 4.48. The summed E-state index contributed by atoms with van der Waals surface area (Å²) in [4.78, 5) is 27.1. The molecule has 1 aromatic carbocycles. The number of fused-ring (bicyclic) bond motifs is 1. The largest absolute Gasteiger partial charge is 0.481 e. The van der Waals surface area contributed by atoms with Crippen molar-refractivity contribution in [2.75, 3.05) is 13.7 Å². The van der Waals surface area contributed by atoms with Crippen LogP contribution in [0.1, 0.15) is 77.8 Å². The first-order chi connectivity index (χ1) is 16.3. The number of nitrogens with zero attached hydrogens (tertiary/aromatic N) is 1.